The van der Waals surface area contributed by atoms with Crippen molar-refractivity contribution in [2.45, 2.75) is 51.5 Å². The lowest BCUT2D eigenvalue weighted by Crippen LogP contribution is -2.24. The van der Waals surface area contributed by atoms with Crippen LogP contribution in [-0.4, -0.2) is 19.1 Å². The first-order chi connectivity index (χ1) is 8.57. The van der Waals surface area contributed by atoms with Crippen molar-refractivity contribution in [1.29, 1.82) is 0 Å². The van der Waals surface area contributed by atoms with Gasteiger partial charge in [0.15, 0.2) is 0 Å². The Hall–Kier alpha value is -1.02. The van der Waals surface area contributed by atoms with Gasteiger partial charge in [-0.25, -0.2) is 0 Å². The summed E-state index contributed by atoms with van der Waals surface area (Å²) < 4.78 is 0. The van der Waals surface area contributed by atoms with Crippen LogP contribution in [0.15, 0.2) is 24.3 Å². The van der Waals surface area contributed by atoms with Crippen LogP contribution in [0.3, 0.4) is 0 Å². The second-order valence-electron chi connectivity index (χ2n) is 6.32. The van der Waals surface area contributed by atoms with Crippen molar-refractivity contribution in [3.05, 3.63) is 29.8 Å². The highest BCUT2D eigenvalue weighted by Gasteiger charge is 2.19. The van der Waals surface area contributed by atoms with Gasteiger partial charge in [0.05, 0.1) is 0 Å². The molecule has 100 valence electrons. The zero-order chi connectivity index (χ0) is 13.0. The molecule has 0 radical (unpaired) electrons. The van der Waals surface area contributed by atoms with Crippen molar-refractivity contribution in [2.75, 3.05) is 18.4 Å². The molecular weight excluding hydrogens is 220 g/mol. The third kappa shape index (κ3) is 3.49. The van der Waals surface area contributed by atoms with Gasteiger partial charge in [0.1, 0.15) is 0 Å². The molecule has 0 saturated carbocycles. The number of rotatable bonds is 2. The molecule has 0 aliphatic carbocycles. The number of anilines is 1. The van der Waals surface area contributed by atoms with E-state index in [4.69, 9.17) is 0 Å². The minimum absolute atomic E-state index is 0.201. The largest absolute Gasteiger partial charge is 0.382 e. The van der Waals surface area contributed by atoms with E-state index < -0.39 is 0 Å². The van der Waals surface area contributed by atoms with Crippen LogP contribution in [0.4, 0.5) is 5.69 Å². The van der Waals surface area contributed by atoms with Crippen LogP contribution in [0.1, 0.15) is 45.6 Å². The lowest BCUT2D eigenvalue weighted by atomic mass is 9.85. The van der Waals surface area contributed by atoms with E-state index in [2.05, 4.69) is 55.7 Å². The third-order valence-corrected chi connectivity index (χ3v) is 3.67. The van der Waals surface area contributed by atoms with E-state index in [0.717, 1.165) is 6.54 Å². The van der Waals surface area contributed by atoms with Crippen molar-refractivity contribution < 1.29 is 0 Å². The van der Waals surface area contributed by atoms with Gasteiger partial charge in [0.2, 0.25) is 0 Å². The molecule has 0 amide bonds. The first-order valence-corrected chi connectivity index (χ1v) is 7.14. The van der Waals surface area contributed by atoms with Crippen molar-refractivity contribution in [2.24, 2.45) is 0 Å². The molecule has 0 spiro atoms. The molecule has 2 heteroatoms. The average molecular weight is 246 g/mol. The Morgan fingerprint density at radius 2 is 1.89 bits per heavy atom. The van der Waals surface area contributed by atoms with E-state index in [1.165, 1.54) is 37.1 Å². The average Bonchev–Trinajstić information content (AvgIpc) is 2.57. The molecule has 1 fully saturated rings. The highest BCUT2D eigenvalue weighted by molar-refractivity contribution is 5.54. The van der Waals surface area contributed by atoms with Crippen LogP contribution in [0.2, 0.25) is 0 Å². The topological polar surface area (TPSA) is 24.1 Å². The van der Waals surface area contributed by atoms with Crippen LogP contribution < -0.4 is 10.6 Å². The summed E-state index contributed by atoms with van der Waals surface area (Å²) >= 11 is 0. The van der Waals surface area contributed by atoms with E-state index in [-0.39, 0.29) is 5.41 Å². The zero-order valence-corrected chi connectivity index (χ0v) is 11.9. The van der Waals surface area contributed by atoms with Crippen LogP contribution in [0, 0.1) is 0 Å². The highest BCUT2D eigenvalue weighted by Crippen LogP contribution is 2.30. The van der Waals surface area contributed by atoms with Gasteiger partial charge in [-0.1, -0.05) is 39.0 Å². The molecule has 2 nitrogen and oxygen atoms in total. The normalized spacial score (nSPS) is 21.4. The van der Waals surface area contributed by atoms with E-state index in [0.29, 0.717) is 6.04 Å². The molecule has 1 saturated heterocycles. The lowest BCUT2D eigenvalue weighted by Gasteiger charge is -2.26. The zero-order valence-electron chi connectivity index (χ0n) is 11.9. The number of nitrogens with one attached hydrogen (secondary N) is 2. The standard InChI is InChI=1S/C16H26N2/c1-16(2,3)14-8-4-5-9-15(14)18-13-7-6-11-17-12-10-13/h4-5,8-9,13,17-18H,6-7,10-12H2,1-3H3. The van der Waals surface area contributed by atoms with E-state index in [9.17, 15) is 0 Å². The summed E-state index contributed by atoms with van der Waals surface area (Å²) in [5.74, 6) is 0. The van der Waals surface area contributed by atoms with Gasteiger partial charge in [-0.3, -0.25) is 0 Å². The van der Waals surface area contributed by atoms with Crippen LogP contribution in [0.25, 0.3) is 0 Å². The van der Waals surface area contributed by atoms with Gasteiger partial charge in [0, 0.05) is 11.7 Å². The molecule has 0 aromatic heterocycles. The number of benzene rings is 1. The second-order valence-corrected chi connectivity index (χ2v) is 6.32. The van der Waals surface area contributed by atoms with E-state index in [1.807, 2.05) is 0 Å². The van der Waals surface area contributed by atoms with Gasteiger partial charge < -0.3 is 10.6 Å². The Balaban J connectivity index is 2.13. The maximum Gasteiger partial charge on any atom is 0.0380 e. The number of hydrogen-bond donors (Lipinski definition) is 2. The number of hydrogen-bond acceptors (Lipinski definition) is 2. The molecule has 2 N–H and O–H groups in total. The predicted molar refractivity (Wildman–Crippen MR) is 79.3 cm³/mol. The fourth-order valence-corrected chi connectivity index (χ4v) is 2.65. The SMILES string of the molecule is CC(C)(C)c1ccccc1NC1CCCNCC1. The van der Waals surface area contributed by atoms with Crippen LogP contribution >= 0.6 is 0 Å². The Morgan fingerprint density at radius 1 is 1.11 bits per heavy atom. The molecule has 2 rings (SSSR count). The summed E-state index contributed by atoms with van der Waals surface area (Å²) in [6.45, 7) is 9.14. The molecule has 1 aromatic rings. The van der Waals surface area contributed by atoms with Crippen molar-refractivity contribution in [1.82, 2.24) is 5.32 Å². The fourth-order valence-electron chi connectivity index (χ4n) is 2.65. The fraction of sp³-hybridized carbons (Fsp3) is 0.625. The molecular formula is C16H26N2. The molecule has 1 aromatic carbocycles. The molecule has 0 bridgehead atoms. The smallest absolute Gasteiger partial charge is 0.0380 e. The summed E-state index contributed by atoms with van der Waals surface area (Å²) in [4.78, 5) is 0. The van der Waals surface area contributed by atoms with Gasteiger partial charge in [-0.15, -0.1) is 0 Å². The molecule has 18 heavy (non-hydrogen) atoms. The molecule has 1 heterocycles. The van der Waals surface area contributed by atoms with E-state index in [1.54, 1.807) is 0 Å². The third-order valence-electron chi connectivity index (χ3n) is 3.67. The number of para-hydroxylation sites is 1. The summed E-state index contributed by atoms with van der Waals surface area (Å²) in [5, 5.41) is 7.22. The Bertz CT molecular complexity index is 371. The Kier molecular flexibility index (Phi) is 4.28. The van der Waals surface area contributed by atoms with Crippen molar-refractivity contribution in [3.63, 3.8) is 0 Å². The molecule has 1 unspecified atom stereocenters. The monoisotopic (exact) mass is 246 g/mol. The van der Waals surface area contributed by atoms with Gasteiger partial charge in [-0.2, -0.15) is 0 Å². The van der Waals surface area contributed by atoms with E-state index >= 15 is 0 Å². The Labute approximate surface area is 111 Å². The van der Waals surface area contributed by atoms with Gasteiger partial charge in [0.25, 0.3) is 0 Å². The minimum atomic E-state index is 0.201. The molecule has 1 aliphatic rings. The van der Waals surface area contributed by atoms with Crippen molar-refractivity contribution in [3.8, 4) is 0 Å². The predicted octanol–water partition coefficient (Wildman–Crippen LogP) is 3.54. The van der Waals surface area contributed by atoms with Crippen LogP contribution in [-0.2, 0) is 5.41 Å². The summed E-state index contributed by atoms with van der Waals surface area (Å²) in [7, 11) is 0. The summed E-state index contributed by atoms with van der Waals surface area (Å²) in [6, 6.07) is 9.35. The van der Waals surface area contributed by atoms with Gasteiger partial charge in [-0.05, 0) is 49.4 Å². The Morgan fingerprint density at radius 3 is 2.67 bits per heavy atom. The van der Waals surface area contributed by atoms with Gasteiger partial charge >= 0.3 is 0 Å². The molecule has 1 aliphatic heterocycles. The highest BCUT2D eigenvalue weighted by atomic mass is 14.9. The molecule has 1 atom stereocenters. The quantitative estimate of drug-likeness (QED) is 0.834. The summed E-state index contributed by atoms with van der Waals surface area (Å²) in [6.07, 6.45) is 3.76. The maximum atomic E-state index is 3.76. The lowest BCUT2D eigenvalue weighted by molar-refractivity contribution is 0.585. The second kappa shape index (κ2) is 5.75. The maximum absolute atomic E-state index is 3.76. The minimum Gasteiger partial charge on any atom is -0.382 e. The summed E-state index contributed by atoms with van der Waals surface area (Å²) in [5.41, 5.74) is 2.94. The first-order valence-electron chi connectivity index (χ1n) is 7.14. The van der Waals surface area contributed by atoms with Crippen LogP contribution in [0.5, 0.6) is 0 Å². The van der Waals surface area contributed by atoms with Crippen molar-refractivity contribution >= 4 is 5.69 Å². The first kappa shape index (κ1) is 13.4.